The van der Waals surface area contributed by atoms with E-state index in [1.165, 1.54) is 0 Å². The number of nitrogens with one attached hydrogen (secondary N) is 1. The molecule has 12 nitrogen and oxygen atoms in total. The van der Waals surface area contributed by atoms with E-state index in [0.717, 1.165) is 24.8 Å². The van der Waals surface area contributed by atoms with Crippen LogP contribution in [-0.2, 0) is 41.6 Å². The third-order valence-corrected chi connectivity index (χ3v) is 8.56. The van der Waals surface area contributed by atoms with E-state index in [-0.39, 0.29) is 19.5 Å². The number of carbonyl (C=O) groups excluding carboxylic acids is 1. The number of esters is 1. The molecule has 3 saturated heterocycles. The fraction of sp³-hybridized carbons (Fsp3) is 0.455. The number of anilines is 1. The van der Waals surface area contributed by atoms with Gasteiger partial charge in [0.2, 0.25) is 0 Å². The van der Waals surface area contributed by atoms with Crippen LogP contribution in [0.25, 0.3) is 11.0 Å². The highest BCUT2D eigenvalue weighted by molar-refractivity contribution is 6.31. The highest BCUT2D eigenvalue weighted by Gasteiger charge is 2.57. The summed E-state index contributed by atoms with van der Waals surface area (Å²) in [5.41, 5.74) is 1.90. The van der Waals surface area contributed by atoms with E-state index >= 15 is 0 Å². The summed E-state index contributed by atoms with van der Waals surface area (Å²) in [6.45, 7) is 4.92. The van der Waals surface area contributed by atoms with Crippen LogP contribution in [0.2, 0.25) is 5.02 Å². The van der Waals surface area contributed by atoms with Gasteiger partial charge in [-0.15, -0.1) is 0 Å². The summed E-state index contributed by atoms with van der Waals surface area (Å²) in [5.74, 6) is -0.291. The molecule has 5 atom stereocenters. The van der Waals surface area contributed by atoms with Gasteiger partial charge in [-0.2, -0.15) is 5.10 Å². The molecule has 0 radical (unpaired) electrons. The van der Waals surface area contributed by atoms with Crippen molar-refractivity contribution in [3.05, 3.63) is 82.8 Å². The van der Waals surface area contributed by atoms with Crippen LogP contribution in [0.1, 0.15) is 61.1 Å². The maximum absolute atomic E-state index is 12.7. The van der Waals surface area contributed by atoms with Crippen molar-refractivity contribution < 1.29 is 33.2 Å². The largest absolute Gasteiger partial charge is 0.459 e. The molecule has 0 amide bonds. The highest BCUT2D eigenvalue weighted by Crippen LogP contribution is 2.44. The predicted molar refractivity (Wildman–Crippen MR) is 167 cm³/mol. The molecule has 0 aliphatic carbocycles. The number of nitrogens with zero attached hydrogens (tertiary/aromatic N) is 4. The summed E-state index contributed by atoms with van der Waals surface area (Å²) < 4.78 is 38.2. The van der Waals surface area contributed by atoms with Crippen LogP contribution in [0.5, 0.6) is 0 Å². The second-order valence-corrected chi connectivity index (χ2v) is 12.4. The SMILES string of the molecule is CC1(C)O[C@@H]2[C@H](O1)[C@@H](COC(=O)c1ccccc1)O[C@H]2n1ncc2c(NCc3ccccc3Cl)nc(COC3CCCCO3)nc21. The molecule has 7 rings (SSSR count). The summed E-state index contributed by atoms with van der Waals surface area (Å²) in [4.78, 5) is 22.4. The first-order chi connectivity index (χ1) is 22.3. The molecule has 1 N–H and O–H groups in total. The Labute approximate surface area is 271 Å². The molecule has 0 bridgehead atoms. The van der Waals surface area contributed by atoms with Crippen molar-refractivity contribution in [3.8, 4) is 0 Å². The van der Waals surface area contributed by atoms with E-state index in [0.29, 0.717) is 46.4 Å². The first-order valence-electron chi connectivity index (χ1n) is 15.5. The molecule has 46 heavy (non-hydrogen) atoms. The number of hydrogen-bond donors (Lipinski definition) is 1. The molecular formula is C33H36ClN5O7. The van der Waals surface area contributed by atoms with Gasteiger partial charge in [0.1, 0.15) is 37.3 Å². The van der Waals surface area contributed by atoms with Crippen LogP contribution in [-0.4, -0.2) is 69.3 Å². The third-order valence-electron chi connectivity index (χ3n) is 8.19. The van der Waals surface area contributed by atoms with Gasteiger partial charge in [0.15, 0.2) is 29.8 Å². The van der Waals surface area contributed by atoms with Gasteiger partial charge in [-0.1, -0.05) is 48.0 Å². The summed E-state index contributed by atoms with van der Waals surface area (Å²) in [6.07, 6.45) is 1.92. The van der Waals surface area contributed by atoms with Gasteiger partial charge in [0.05, 0.1) is 17.1 Å². The summed E-state index contributed by atoms with van der Waals surface area (Å²) in [6, 6.07) is 16.5. The highest BCUT2D eigenvalue weighted by atomic mass is 35.5. The number of halogens is 1. The molecule has 242 valence electrons. The summed E-state index contributed by atoms with van der Waals surface area (Å²) in [7, 11) is 0. The summed E-state index contributed by atoms with van der Waals surface area (Å²) >= 11 is 6.44. The molecular weight excluding hydrogens is 614 g/mol. The topological polar surface area (TPSA) is 128 Å². The fourth-order valence-corrected chi connectivity index (χ4v) is 6.20. The van der Waals surface area contributed by atoms with Crippen molar-refractivity contribution in [1.29, 1.82) is 0 Å². The van der Waals surface area contributed by atoms with Gasteiger partial charge in [0, 0.05) is 18.2 Å². The number of rotatable bonds is 10. The minimum Gasteiger partial charge on any atom is -0.459 e. The quantitative estimate of drug-likeness (QED) is 0.222. The first kappa shape index (κ1) is 31.0. The Hall–Kier alpha value is -3.65. The maximum Gasteiger partial charge on any atom is 0.338 e. The smallest absolute Gasteiger partial charge is 0.338 e. The van der Waals surface area contributed by atoms with Gasteiger partial charge in [-0.25, -0.2) is 19.4 Å². The standard InChI is InChI=1S/C33H36ClN5O7/c1-33(2)45-27-24(18-43-32(40)20-10-4-3-5-11-20)44-31(28(27)46-33)39-30-22(17-36-39)29(35-16-21-12-6-7-13-23(21)34)37-25(38-30)19-42-26-14-8-9-15-41-26/h3-7,10-13,17,24,26-28,31H,8-9,14-16,18-19H2,1-2H3,(H,35,37,38)/t24-,26?,27-,28-,31-/m1/s1. The number of ether oxygens (including phenoxy) is 6. The molecule has 1 unspecified atom stereocenters. The predicted octanol–water partition coefficient (Wildman–Crippen LogP) is 5.41. The fourth-order valence-electron chi connectivity index (χ4n) is 5.99. The number of aromatic nitrogens is 4. The minimum atomic E-state index is -0.877. The normalized spacial score (nSPS) is 25.4. The Morgan fingerprint density at radius 3 is 2.67 bits per heavy atom. The van der Waals surface area contributed by atoms with Gasteiger partial charge >= 0.3 is 5.97 Å². The van der Waals surface area contributed by atoms with E-state index in [4.69, 9.17) is 55.1 Å². The van der Waals surface area contributed by atoms with Crippen molar-refractivity contribution in [2.75, 3.05) is 18.5 Å². The zero-order valence-corrected chi connectivity index (χ0v) is 26.4. The third kappa shape index (κ3) is 6.59. The Kier molecular flexibility index (Phi) is 8.90. The number of fused-ring (bicyclic) bond motifs is 2. The van der Waals surface area contributed by atoms with Crippen LogP contribution in [0.15, 0.2) is 60.8 Å². The molecule has 2 aromatic carbocycles. The number of benzene rings is 2. The lowest BCUT2D eigenvalue weighted by Gasteiger charge is -2.24. The van der Waals surface area contributed by atoms with Crippen LogP contribution >= 0.6 is 11.6 Å². The zero-order chi connectivity index (χ0) is 31.7. The maximum atomic E-state index is 12.7. The molecule has 0 spiro atoms. The zero-order valence-electron chi connectivity index (χ0n) is 25.6. The van der Waals surface area contributed by atoms with E-state index in [2.05, 4.69) is 5.32 Å². The van der Waals surface area contributed by atoms with Crippen molar-refractivity contribution in [2.45, 2.75) is 82.9 Å². The van der Waals surface area contributed by atoms with Crippen LogP contribution in [0.4, 0.5) is 5.82 Å². The van der Waals surface area contributed by atoms with Gasteiger partial charge in [-0.05, 0) is 56.9 Å². The van der Waals surface area contributed by atoms with E-state index in [9.17, 15) is 4.79 Å². The Bertz CT molecular complexity index is 1680. The average molecular weight is 650 g/mol. The van der Waals surface area contributed by atoms with Crippen LogP contribution < -0.4 is 5.32 Å². The Balaban J connectivity index is 1.17. The monoisotopic (exact) mass is 649 g/mol. The minimum absolute atomic E-state index is 0.0237. The molecule has 0 saturated carbocycles. The lowest BCUT2D eigenvalue weighted by molar-refractivity contribution is -0.201. The molecule has 3 aliphatic heterocycles. The van der Waals surface area contributed by atoms with E-state index < -0.39 is 36.3 Å². The molecule has 4 aromatic rings. The molecule has 13 heteroatoms. The van der Waals surface area contributed by atoms with Gasteiger partial charge < -0.3 is 33.7 Å². The Morgan fingerprint density at radius 1 is 1.07 bits per heavy atom. The van der Waals surface area contributed by atoms with Crippen molar-refractivity contribution >= 4 is 34.4 Å². The van der Waals surface area contributed by atoms with E-state index in [1.807, 2.05) is 44.2 Å². The second kappa shape index (κ2) is 13.2. The average Bonchev–Trinajstić information content (AvgIpc) is 3.73. The van der Waals surface area contributed by atoms with Crippen molar-refractivity contribution in [1.82, 2.24) is 19.7 Å². The molecule has 3 fully saturated rings. The first-order valence-corrected chi connectivity index (χ1v) is 15.9. The lowest BCUT2D eigenvalue weighted by Crippen LogP contribution is -2.33. The van der Waals surface area contributed by atoms with Gasteiger partial charge in [0.25, 0.3) is 0 Å². The van der Waals surface area contributed by atoms with Crippen LogP contribution in [0.3, 0.4) is 0 Å². The molecule has 5 heterocycles. The van der Waals surface area contributed by atoms with Crippen molar-refractivity contribution in [3.63, 3.8) is 0 Å². The van der Waals surface area contributed by atoms with Gasteiger partial charge in [-0.3, -0.25) is 0 Å². The number of carbonyl (C=O) groups is 1. The summed E-state index contributed by atoms with van der Waals surface area (Å²) in [5, 5.41) is 9.45. The Morgan fingerprint density at radius 2 is 1.87 bits per heavy atom. The van der Waals surface area contributed by atoms with Crippen LogP contribution in [0, 0.1) is 0 Å². The molecule has 3 aliphatic rings. The lowest BCUT2D eigenvalue weighted by atomic mass is 10.1. The van der Waals surface area contributed by atoms with E-state index in [1.54, 1.807) is 35.1 Å². The van der Waals surface area contributed by atoms with Crippen molar-refractivity contribution in [2.24, 2.45) is 0 Å². The molecule has 2 aromatic heterocycles. The number of hydrogen-bond acceptors (Lipinski definition) is 11. The second-order valence-electron chi connectivity index (χ2n) is 12.0.